The molecule has 0 saturated carbocycles. The Kier molecular flexibility index (Phi) is 3.66. The van der Waals surface area contributed by atoms with Crippen LogP contribution < -0.4 is 0 Å². The summed E-state index contributed by atoms with van der Waals surface area (Å²) in [6, 6.07) is 6.34. The summed E-state index contributed by atoms with van der Waals surface area (Å²) in [6.07, 6.45) is 0. The summed E-state index contributed by atoms with van der Waals surface area (Å²) in [5, 5.41) is 10.7. The van der Waals surface area contributed by atoms with Crippen molar-refractivity contribution in [2.75, 3.05) is 39.5 Å². The van der Waals surface area contributed by atoms with Crippen molar-refractivity contribution in [3.8, 4) is 0 Å². The Morgan fingerprint density at radius 1 is 1.05 bits per heavy atom. The molecule has 0 aromatic heterocycles. The number of benzene rings is 1. The molecule has 2 fully saturated rings. The van der Waals surface area contributed by atoms with Crippen molar-refractivity contribution in [2.24, 2.45) is 0 Å². The number of nitrogens with zero attached hydrogens (tertiary/aromatic N) is 2. The van der Waals surface area contributed by atoms with E-state index in [1.165, 1.54) is 12.1 Å². The zero-order valence-electron chi connectivity index (χ0n) is 11.0. The van der Waals surface area contributed by atoms with Crippen molar-refractivity contribution >= 4 is 5.69 Å². The molecule has 7 nitrogen and oxygen atoms in total. The molecule has 1 aromatic rings. The number of hydrogen-bond acceptors (Lipinski definition) is 6. The number of rotatable bonds is 3. The van der Waals surface area contributed by atoms with Crippen LogP contribution in [0.2, 0.25) is 0 Å². The minimum absolute atomic E-state index is 0.0591. The van der Waals surface area contributed by atoms with E-state index in [4.69, 9.17) is 14.2 Å². The molecule has 0 unspecified atom stereocenters. The van der Waals surface area contributed by atoms with Gasteiger partial charge in [0.25, 0.3) is 11.6 Å². The van der Waals surface area contributed by atoms with Gasteiger partial charge >= 0.3 is 0 Å². The summed E-state index contributed by atoms with van der Waals surface area (Å²) in [4.78, 5) is 12.4. The van der Waals surface area contributed by atoms with Crippen molar-refractivity contribution < 1.29 is 19.1 Å². The summed E-state index contributed by atoms with van der Waals surface area (Å²) in [6.45, 7) is 3.68. The van der Waals surface area contributed by atoms with Gasteiger partial charge in [0.05, 0.1) is 31.4 Å². The van der Waals surface area contributed by atoms with Gasteiger partial charge in [0, 0.05) is 30.8 Å². The maximum atomic E-state index is 10.7. The van der Waals surface area contributed by atoms with E-state index in [1.54, 1.807) is 12.1 Å². The monoisotopic (exact) mass is 280 g/mol. The number of ether oxygens (including phenoxy) is 3. The first-order chi connectivity index (χ1) is 9.72. The zero-order valence-corrected chi connectivity index (χ0v) is 11.0. The van der Waals surface area contributed by atoms with Crippen LogP contribution in [0.5, 0.6) is 0 Å². The first kappa shape index (κ1) is 13.4. The zero-order chi connectivity index (χ0) is 14.0. The summed E-state index contributed by atoms with van der Waals surface area (Å²) < 4.78 is 17.0. The molecule has 0 spiro atoms. The molecule has 0 radical (unpaired) electrons. The van der Waals surface area contributed by atoms with Gasteiger partial charge in [0.2, 0.25) is 0 Å². The van der Waals surface area contributed by atoms with Crippen molar-refractivity contribution in [1.82, 2.24) is 4.90 Å². The van der Waals surface area contributed by atoms with E-state index in [2.05, 4.69) is 4.90 Å². The predicted molar refractivity (Wildman–Crippen MR) is 69.1 cm³/mol. The van der Waals surface area contributed by atoms with Gasteiger partial charge < -0.3 is 14.2 Å². The average Bonchev–Trinajstić information content (AvgIpc) is 2.99. The molecular formula is C13H16N2O5. The fourth-order valence-corrected chi connectivity index (χ4v) is 2.58. The highest BCUT2D eigenvalue weighted by Crippen LogP contribution is 2.36. The van der Waals surface area contributed by atoms with E-state index in [0.717, 1.165) is 5.56 Å². The Morgan fingerprint density at radius 3 is 2.20 bits per heavy atom. The maximum Gasteiger partial charge on any atom is 0.269 e. The highest BCUT2D eigenvalue weighted by atomic mass is 16.8. The van der Waals surface area contributed by atoms with E-state index in [9.17, 15) is 10.1 Å². The van der Waals surface area contributed by atoms with Gasteiger partial charge in [-0.15, -0.1) is 0 Å². The Morgan fingerprint density at radius 2 is 1.65 bits per heavy atom. The molecule has 108 valence electrons. The second-order valence-electron chi connectivity index (χ2n) is 4.68. The topological polar surface area (TPSA) is 74.1 Å². The Bertz CT molecular complexity index is 478. The van der Waals surface area contributed by atoms with Crippen LogP contribution in [-0.2, 0) is 20.1 Å². The molecule has 2 saturated heterocycles. The van der Waals surface area contributed by atoms with E-state index in [-0.39, 0.29) is 5.69 Å². The maximum absolute atomic E-state index is 10.7. The van der Waals surface area contributed by atoms with E-state index in [1.807, 2.05) is 0 Å². The molecule has 0 N–H and O–H groups in total. The van der Waals surface area contributed by atoms with E-state index >= 15 is 0 Å². The number of nitro groups is 1. The molecule has 2 heterocycles. The van der Waals surface area contributed by atoms with E-state index < -0.39 is 10.8 Å². The fraction of sp³-hybridized carbons (Fsp3) is 0.538. The van der Waals surface area contributed by atoms with Gasteiger partial charge in [-0.25, -0.2) is 4.90 Å². The van der Waals surface area contributed by atoms with Crippen LogP contribution in [0.4, 0.5) is 5.69 Å². The summed E-state index contributed by atoms with van der Waals surface area (Å²) in [5.74, 6) is -0.932. The van der Waals surface area contributed by atoms with Crippen molar-refractivity contribution in [1.29, 1.82) is 0 Å². The van der Waals surface area contributed by atoms with E-state index in [0.29, 0.717) is 39.5 Å². The largest absolute Gasteiger partial charge is 0.379 e. The first-order valence-electron chi connectivity index (χ1n) is 6.58. The lowest BCUT2D eigenvalue weighted by Crippen LogP contribution is -2.52. The lowest BCUT2D eigenvalue weighted by atomic mass is 10.1. The van der Waals surface area contributed by atoms with Gasteiger partial charge in [-0.2, -0.15) is 0 Å². The lowest BCUT2D eigenvalue weighted by Gasteiger charge is -2.40. The minimum atomic E-state index is -0.932. The Hall–Kier alpha value is -1.54. The SMILES string of the molecule is O=[N+]([O-])c1ccc(C2(N3CCOCC3)OCCO2)cc1. The first-order valence-corrected chi connectivity index (χ1v) is 6.58. The van der Waals surface area contributed by atoms with Gasteiger partial charge in [0.15, 0.2) is 0 Å². The summed E-state index contributed by atoms with van der Waals surface area (Å²) in [5.41, 5.74) is 0.839. The third-order valence-corrected chi connectivity index (χ3v) is 3.55. The van der Waals surface area contributed by atoms with Crippen LogP contribution in [0.25, 0.3) is 0 Å². The second-order valence-corrected chi connectivity index (χ2v) is 4.68. The summed E-state index contributed by atoms with van der Waals surface area (Å²) in [7, 11) is 0. The molecule has 1 aromatic carbocycles. The van der Waals surface area contributed by atoms with Crippen LogP contribution in [0, 0.1) is 10.1 Å². The molecule has 0 bridgehead atoms. The number of morpholine rings is 1. The van der Waals surface area contributed by atoms with Crippen molar-refractivity contribution in [3.05, 3.63) is 39.9 Å². The van der Waals surface area contributed by atoms with Crippen LogP contribution in [0.3, 0.4) is 0 Å². The molecule has 20 heavy (non-hydrogen) atoms. The second kappa shape index (κ2) is 5.45. The third-order valence-electron chi connectivity index (χ3n) is 3.55. The van der Waals surface area contributed by atoms with Crippen LogP contribution >= 0.6 is 0 Å². The van der Waals surface area contributed by atoms with Crippen molar-refractivity contribution in [2.45, 2.75) is 5.91 Å². The molecular weight excluding hydrogens is 264 g/mol. The van der Waals surface area contributed by atoms with Crippen LogP contribution in [-0.4, -0.2) is 49.3 Å². The Labute approximate surface area is 116 Å². The van der Waals surface area contributed by atoms with Gasteiger partial charge in [-0.05, 0) is 12.1 Å². The van der Waals surface area contributed by atoms with Crippen LogP contribution in [0.1, 0.15) is 5.56 Å². The highest BCUT2D eigenvalue weighted by molar-refractivity contribution is 5.34. The lowest BCUT2D eigenvalue weighted by molar-refractivity contribution is -0.385. The third kappa shape index (κ3) is 2.29. The molecule has 7 heteroatoms. The van der Waals surface area contributed by atoms with Crippen molar-refractivity contribution in [3.63, 3.8) is 0 Å². The smallest absolute Gasteiger partial charge is 0.269 e. The molecule has 2 aliphatic rings. The highest BCUT2D eigenvalue weighted by Gasteiger charge is 2.45. The molecule has 3 rings (SSSR count). The molecule has 0 aliphatic carbocycles. The predicted octanol–water partition coefficient (Wildman–Crippen LogP) is 1.08. The standard InChI is InChI=1S/C13H16N2O5/c16-15(17)12-3-1-11(2-4-12)13(19-9-10-20-13)14-5-7-18-8-6-14/h1-4H,5-10H2. The molecule has 0 amide bonds. The average molecular weight is 280 g/mol. The van der Waals surface area contributed by atoms with Gasteiger partial charge in [-0.3, -0.25) is 10.1 Å². The number of nitro benzene ring substituents is 1. The van der Waals surface area contributed by atoms with Gasteiger partial charge in [-0.1, -0.05) is 0 Å². The molecule has 0 atom stereocenters. The van der Waals surface area contributed by atoms with Gasteiger partial charge in [0.1, 0.15) is 0 Å². The van der Waals surface area contributed by atoms with Crippen LogP contribution in [0.15, 0.2) is 24.3 Å². The molecule has 2 aliphatic heterocycles. The normalized spacial score (nSPS) is 22.8. The minimum Gasteiger partial charge on any atom is -0.379 e. The quantitative estimate of drug-likeness (QED) is 0.609. The fourth-order valence-electron chi connectivity index (χ4n) is 2.58. The number of hydrogen-bond donors (Lipinski definition) is 0. The Balaban J connectivity index is 1.91. The number of non-ortho nitro benzene ring substituents is 1. The summed E-state index contributed by atoms with van der Waals surface area (Å²) >= 11 is 0.